The van der Waals surface area contributed by atoms with Crippen LogP contribution in [0.25, 0.3) is 0 Å². The highest BCUT2D eigenvalue weighted by Gasteiger charge is 2.29. The molecule has 0 aromatic heterocycles. The number of amides is 1. The lowest BCUT2D eigenvalue weighted by Gasteiger charge is -2.35. The van der Waals surface area contributed by atoms with E-state index in [0.717, 1.165) is 31.8 Å². The van der Waals surface area contributed by atoms with Crippen LogP contribution in [-0.4, -0.2) is 47.5 Å². The second-order valence-corrected chi connectivity index (χ2v) is 6.10. The van der Waals surface area contributed by atoms with Crippen molar-refractivity contribution in [3.05, 3.63) is 0 Å². The zero-order chi connectivity index (χ0) is 11.4. The summed E-state index contributed by atoms with van der Waals surface area (Å²) in [5.74, 6) is 1.45. The van der Waals surface area contributed by atoms with Crippen LogP contribution in [0.1, 0.15) is 32.6 Å². The van der Waals surface area contributed by atoms with Crippen LogP contribution in [0.4, 0.5) is 0 Å². The summed E-state index contributed by atoms with van der Waals surface area (Å²) in [6, 6.07) is 0.106. The minimum Gasteiger partial charge on any atom is -0.339 e. The molecule has 3 nitrogen and oxygen atoms in total. The topological polar surface area (TPSA) is 32.3 Å². The molecule has 0 aromatic carbocycles. The predicted molar refractivity (Wildman–Crippen MR) is 68.8 cm³/mol. The molecule has 0 bridgehead atoms. The van der Waals surface area contributed by atoms with E-state index in [4.69, 9.17) is 0 Å². The number of thioether (sulfide) groups is 1. The lowest BCUT2D eigenvalue weighted by atomic mass is 10.0. The van der Waals surface area contributed by atoms with E-state index in [1.54, 1.807) is 0 Å². The van der Waals surface area contributed by atoms with E-state index in [0.29, 0.717) is 11.2 Å². The van der Waals surface area contributed by atoms with E-state index >= 15 is 0 Å². The molecular weight excluding hydrogens is 220 g/mol. The molecule has 2 rings (SSSR count). The Morgan fingerprint density at radius 3 is 3.06 bits per heavy atom. The Kier molecular flexibility index (Phi) is 4.53. The number of hydrogen-bond acceptors (Lipinski definition) is 3. The van der Waals surface area contributed by atoms with Gasteiger partial charge in [0, 0.05) is 24.1 Å². The van der Waals surface area contributed by atoms with Gasteiger partial charge in [0.05, 0.1) is 6.04 Å². The Bertz CT molecular complexity index is 241. The first-order valence-electron chi connectivity index (χ1n) is 6.45. The number of carbonyl (C=O) groups excluding carboxylic acids is 1. The fraction of sp³-hybridized carbons (Fsp3) is 0.917. The average Bonchev–Trinajstić information content (AvgIpc) is 2.39. The maximum atomic E-state index is 12.3. The molecule has 2 saturated heterocycles. The standard InChI is InChI=1S/C12H22N2OS/c1-2-10-9-14(7-8-16-10)12(15)11-5-3-4-6-13-11/h10-11,13H,2-9H2,1H3/t10?,11-/m0/s1. The van der Waals surface area contributed by atoms with E-state index in [-0.39, 0.29) is 6.04 Å². The van der Waals surface area contributed by atoms with E-state index < -0.39 is 0 Å². The van der Waals surface area contributed by atoms with Gasteiger partial charge in [-0.2, -0.15) is 11.8 Å². The summed E-state index contributed by atoms with van der Waals surface area (Å²) >= 11 is 2.02. The zero-order valence-electron chi connectivity index (χ0n) is 10.1. The second kappa shape index (κ2) is 5.92. The van der Waals surface area contributed by atoms with Crippen molar-refractivity contribution < 1.29 is 4.79 Å². The van der Waals surface area contributed by atoms with Crippen molar-refractivity contribution in [1.29, 1.82) is 0 Å². The molecule has 1 amide bonds. The first kappa shape index (κ1) is 12.2. The van der Waals surface area contributed by atoms with Crippen molar-refractivity contribution in [2.75, 3.05) is 25.4 Å². The first-order chi connectivity index (χ1) is 7.81. The van der Waals surface area contributed by atoms with Gasteiger partial charge >= 0.3 is 0 Å². The van der Waals surface area contributed by atoms with Gasteiger partial charge in [-0.05, 0) is 25.8 Å². The lowest BCUT2D eigenvalue weighted by Crippen LogP contribution is -2.52. The van der Waals surface area contributed by atoms with Crippen LogP contribution < -0.4 is 5.32 Å². The Balaban J connectivity index is 1.87. The highest BCUT2D eigenvalue weighted by atomic mass is 32.2. The highest BCUT2D eigenvalue weighted by Crippen LogP contribution is 2.22. The molecule has 92 valence electrons. The number of nitrogens with zero attached hydrogens (tertiary/aromatic N) is 1. The summed E-state index contributed by atoms with van der Waals surface area (Å²) in [6.45, 7) is 5.12. The number of nitrogens with one attached hydrogen (secondary N) is 1. The molecule has 1 unspecified atom stereocenters. The molecule has 0 spiro atoms. The summed E-state index contributed by atoms with van der Waals surface area (Å²) in [5.41, 5.74) is 0. The number of rotatable bonds is 2. The van der Waals surface area contributed by atoms with Crippen LogP contribution in [0.5, 0.6) is 0 Å². The van der Waals surface area contributed by atoms with Crippen LogP contribution in [0.15, 0.2) is 0 Å². The number of piperidine rings is 1. The quantitative estimate of drug-likeness (QED) is 0.796. The summed E-state index contributed by atoms with van der Waals surface area (Å²) in [4.78, 5) is 14.3. The summed E-state index contributed by atoms with van der Waals surface area (Å²) in [5, 5.41) is 4.00. The molecule has 2 heterocycles. The minimum absolute atomic E-state index is 0.106. The van der Waals surface area contributed by atoms with Crippen molar-refractivity contribution in [1.82, 2.24) is 10.2 Å². The molecule has 2 aliphatic heterocycles. The van der Waals surface area contributed by atoms with Gasteiger partial charge in [0.1, 0.15) is 0 Å². The third-order valence-electron chi connectivity index (χ3n) is 3.51. The molecule has 2 aliphatic rings. The Morgan fingerprint density at radius 1 is 1.50 bits per heavy atom. The van der Waals surface area contributed by atoms with Crippen LogP contribution in [0, 0.1) is 0 Å². The predicted octanol–water partition coefficient (Wildman–Crippen LogP) is 1.48. The van der Waals surface area contributed by atoms with E-state index in [9.17, 15) is 4.79 Å². The zero-order valence-corrected chi connectivity index (χ0v) is 10.9. The molecule has 0 radical (unpaired) electrons. The van der Waals surface area contributed by atoms with Crippen molar-refractivity contribution in [2.45, 2.75) is 43.9 Å². The van der Waals surface area contributed by atoms with Crippen LogP contribution in [0.2, 0.25) is 0 Å². The van der Waals surface area contributed by atoms with Crippen molar-refractivity contribution >= 4 is 17.7 Å². The van der Waals surface area contributed by atoms with E-state index in [2.05, 4.69) is 17.1 Å². The molecule has 2 fully saturated rings. The monoisotopic (exact) mass is 242 g/mol. The van der Waals surface area contributed by atoms with Gasteiger partial charge < -0.3 is 10.2 Å². The van der Waals surface area contributed by atoms with Gasteiger partial charge in [-0.1, -0.05) is 13.3 Å². The maximum Gasteiger partial charge on any atom is 0.239 e. The maximum absolute atomic E-state index is 12.3. The van der Waals surface area contributed by atoms with Gasteiger partial charge in [0.25, 0.3) is 0 Å². The van der Waals surface area contributed by atoms with Crippen molar-refractivity contribution in [2.24, 2.45) is 0 Å². The molecule has 0 aliphatic carbocycles. The molecule has 4 heteroatoms. The van der Waals surface area contributed by atoms with Crippen LogP contribution in [0.3, 0.4) is 0 Å². The first-order valence-corrected chi connectivity index (χ1v) is 7.50. The third-order valence-corrected chi connectivity index (χ3v) is 4.89. The lowest BCUT2D eigenvalue weighted by molar-refractivity contribution is -0.133. The number of hydrogen-bond donors (Lipinski definition) is 1. The summed E-state index contributed by atoms with van der Waals surface area (Å²) in [6.07, 6.45) is 4.62. The Labute approximate surface area is 102 Å². The van der Waals surface area contributed by atoms with Gasteiger partial charge in [-0.15, -0.1) is 0 Å². The fourth-order valence-electron chi connectivity index (χ4n) is 2.45. The highest BCUT2D eigenvalue weighted by molar-refractivity contribution is 8.00. The fourth-order valence-corrected chi connectivity index (χ4v) is 3.63. The molecule has 0 aromatic rings. The van der Waals surface area contributed by atoms with Crippen LogP contribution in [-0.2, 0) is 4.79 Å². The second-order valence-electron chi connectivity index (χ2n) is 4.69. The molecular formula is C12H22N2OS. The normalized spacial score (nSPS) is 31.4. The van der Waals surface area contributed by atoms with Gasteiger partial charge in [-0.3, -0.25) is 4.79 Å². The largest absolute Gasteiger partial charge is 0.339 e. The van der Waals surface area contributed by atoms with Gasteiger partial charge in [0.2, 0.25) is 5.91 Å². The van der Waals surface area contributed by atoms with Crippen molar-refractivity contribution in [3.8, 4) is 0 Å². The SMILES string of the molecule is CCC1CN(C(=O)[C@@H]2CCCCN2)CCS1. The molecule has 2 atom stereocenters. The van der Waals surface area contributed by atoms with E-state index in [1.807, 2.05) is 11.8 Å². The smallest absolute Gasteiger partial charge is 0.239 e. The average molecular weight is 242 g/mol. The van der Waals surface area contributed by atoms with Gasteiger partial charge in [0.15, 0.2) is 0 Å². The molecule has 1 N–H and O–H groups in total. The number of carbonyl (C=O) groups is 1. The third kappa shape index (κ3) is 2.92. The Hall–Kier alpha value is -0.220. The summed E-state index contributed by atoms with van der Waals surface area (Å²) in [7, 11) is 0. The molecule has 0 saturated carbocycles. The van der Waals surface area contributed by atoms with Gasteiger partial charge in [-0.25, -0.2) is 0 Å². The Morgan fingerprint density at radius 2 is 2.38 bits per heavy atom. The van der Waals surface area contributed by atoms with E-state index in [1.165, 1.54) is 19.3 Å². The van der Waals surface area contributed by atoms with Crippen LogP contribution >= 0.6 is 11.8 Å². The summed E-state index contributed by atoms with van der Waals surface area (Å²) < 4.78 is 0. The van der Waals surface area contributed by atoms with Crippen molar-refractivity contribution in [3.63, 3.8) is 0 Å². The minimum atomic E-state index is 0.106. The molecule has 16 heavy (non-hydrogen) atoms.